The second-order valence-corrected chi connectivity index (χ2v) is 5.35. The highest BCUT2D eigenvalue weighted by atomic mass is 35.5. The Labute approximate surface area is 124 Å². The zero-order chi connectivity index (χ0) is 13.9. The lowest BCUT2D eigenvalue weighted by Crippen LogP contribution is -2.04. The number of fused-ring (bicyclic) bond motifs is 1. The number of benzene rings is 1. The Hall–Kier alpha value is -1.80. The monoisotopic (exact) mass is 284 g/mol. The summed E-state index contributed by atoms with van der Waals surface area (Å²) >= 11 is 6.05. The van der Waals surface area contributed by atoms with E-state index in [1.807, 2.05) is 18.2 Å². The highest BCUT2D eigenvalue weighted by Crippen LogP contribution is 2.21. The van der Waals surface area contributed by atoms with Crippen molar-refractivity contribution >= 4 is 22.6 Å². The summed E-state index contributed by atoms with van der Waals surface area (Å²) in [6.45, 7) is 2.96. The van der Waals surface area contributed by atoms with Gasteiger partial charge in [0.15, 0.2) is 0 Å². The summed E-state index contributed by atoms with van der Waals surface area (Å²) in [6.07, 6.45) is 9.73. The summed E-state index contributed by atoms with van der Waals surface area (Å²) in [5.41, 5.74) is 4.82. The molecule has 0 saturated carbocycles. The van der Waals surface area contributed by atoms with E-state index in [-0.39, 0.29) is 0 Å². The molecule has 1 heterocycles. The lowest BCUT2D eigenvalue weighted by atomic mass is 10.1. The molecule has 102 valence electrons. The van der Waals surface area contributed by atoms with Crippen LogP contribution in [-0.2, 0) is 12.4 Å². The minimum atomic E-state index is 0.437. The van der Waals surface area contributed by atoms with Gasteiger partial charge in [-0.3, -0.25) is 0 Å². The van der Waals surface area contributed by atoms with Gasteiger partial charge in [0.05, 0.1) is 16.9 Å². The molecule has 0 bridgehead atoms. The zero-order valence-electron chi connectivity index (χ0n) is 11.5. The predicted octanol–water partition coefficient (Wildman–Crippen LogP) is 4.61. The number of nitrogens with zero attached hydrogens (tertiary/aromatic N) is 2. The molecule has 0 saturated heterocycles. The standard InChI is InChI=1S/C17H17ClN2/c1-13-5-4-6-14(10-9-13)12-20-16-8-3-2-7-15(16)19-17(20)11-18/h2-5,7-10H,6,11-12H2,1H3. The number of rotatable bonds is 3. The summed E-state index contributed by atoms with van der Waals surface area (Å²) in [7, 11) is 0. The Balaban J connectivity index is 2.00. The van der Waals surface area contributed by atoms with Crippen molar-refractivity contribution < 1.29 is 0 Å². The van der Waals surface area contributed by atoms with E-state index < -0.39 is 0 Å². The number of alkyl halides is 1. The van der Waals surface area contributed by atoms with Crippen LogP contribution in [-0.4, -0.2) is 9.55 Å². The molecule has 20 heavy (non-hydrogen) atoms. The van der Waals surface area contributed by atoms with Gasteiger partial charge in [0.2, 0.25) is 0 Å². The number of hydrogen-bond acceptors (Lipinski definition) is 1. The lowest BCUT2D eigenvalue weighted by Gasteiger charge is -2.09. The molecule has 1 aliphatic rings. The van der Waals surface area contributed by atoms with E-state index in [9.17, 15) is 0 Å². The normalized spacial score (nSPS) is 15.1. The van der Waals surface area contributed by atoms with E-state index in [1.165, 1.54) is 11.1 Å². The van der Waals surface area contributed by atoms with Crippen LogP contribution in [0.1, 0.15) is 19.2 Å². The van der Waals surface area contributed by atoms with Crippen molar-refractivity contribution in [3.8, 4) is 0 Å². The first-order chi connectivity index (χ1) is 9.78. The molecule has 1 aliphatic carbocycles. The first-order valence-corrected chi connectivity index (χ1v) is 7.34. The first kappa shape index (κ1) is 13.2. The SMILES string of the molecule is CC1=CC=C(Cn2c(CCl)nc3ccccc32)CC=C1. The van der Waals surface area contributed by atoms with E-state index in [2.05, 4.69) is 46.8 Å². The van der Waals surface area contributed by atoms with E-state index in [4.69, 9.17) is 11.6 Å². The van der Waals surface area contributed by atoms with Crippen molar-refractivity contribution in [1.29, 1.82) is 0 Å². The van der Waals surface area contributed by atoms with Gasteiger partial charge in [-0.1, -0.05) is 42.0 Å². The van der Waals surface area contributed by atoms with E-state index in [0.29, 0.717) is 5.88 Å². The van der Waals surface area contributed by atoms with Gasteiger partial charge in [0, 0.05) is 6.54 Å². The summed E-state index contributed by atoms with van der Waals surface area (Å²) in [4.78, 5) is 4.61. The van der Waals surface area contributed by atoms with Crippen LogP contribution in [0.2, 0.25) is 0 Å². The largest absolute Gasteiger partial charge is 0.323 e. The highest BCUT2D eigenvalue weighted by Gasteiger charge is 2.10. The Morgan fingerprint density at radius 1 is 1.25 bits per heavy atom. The molecule has 0 unspecified atom stereocenters. The van der Waals surface area contributed by atoms with Gasteiger partial charge in [-0.2, -0.15) is 0 Å². The molecule has 0 fully saturated rings. The van der Waals surface area contributed by atoms with Crippen LogP contribution in [0.4, 0.5) is 0 Å². The Morgan fingerprint density at radius 2 is 2.10 bits per heavy atom. The van der Waals surface area contributed by atoms with Crippen LogP contribution in [0.15, 0.2) is 59.7 Å². The maximum atomic E-state index is 6.05. The molecule has 2 aromatic rings. The third-order valence-electron chi connectivity index (χ3n) is 3.56. The molecule has 0 N–H and O–H groups in total. The second kappa shape index (κ2) is 5.68. The number of halogens is 1. The quantitative estimate of drug-likeness (QED) is 0.753. The third-order valence-corrected chi connectivity index (χ3v) is 3.80. The van der Waals surface area contributed by atoms with Crippen molar-refractivity contribution in [1.82, 2.24) is 9.55 Å². The summed E-state index contributed by atoms with van der Waals surface area (Å²) in [6, 6.07) is 8.20. The molecule has 1 aromatic heterocycles. The molecule has 0 atom stereocenters. The zero-order valence-corrected chi connectivity index (χ0v) is 12.3. The molecule has 0 amide bonds. The van der Waals surface area contributed by atoms with Crippen molar-refractivity contribution in [2.75, 3.05) is 0 Å². The third kappa shape index (κ3) is 2.56. The molecule has 2 nitrogen and oxygen atoms in total. The van der Waals surface area contributed by atoms with E-state index in [0.717, 1.165) is 29.8 Å². The number of allylic oxidation sites excluding steroid dienone is 6. The van der Waals surface area contributed by atoms with Gasteiger partial charge in [0.25, 0.3) is 0 Å². The summed E-state index contributed by atoms with van der Waals surface area (Å²) in [5, 5.41) is 0. The summed E-state index contributed by atoms with van der Waals surface area (Å²) < 4.78 is 2.22. The van der Waals surface area contributed by atoms with Crippen LogP contribution in [0.5, 0.6) is 0 Å². The number of hydrogen-bond donors (Lipinski definition) is 0. The van der Waals surface area contributed by atoms with Crippen LogP contribution in [0.3, 0.4) is 0 Å². The minimum Gasteiger partial charge on any atom is -0.323 e. The average molecular weight is 285 g/mol. The second-order valence-electron chi connectivity index (χ2n) is 5.08. The highest BCUT2D eigenvalue weighted by molar-refractivity contribution is 6.16. The molecule has 0 aliphatic heterocycles. The van der Waals surface area contributed by atoms with Gasteiger partial charge in [-0.05, 0) is 31.1 Å². The molecule has 0 radical (unpaired) electrons. The molecule has 1 aromatic carbocycles. The van der Waals surface area contributed by atoms with Crippen molar-refractivity contribution in [3.05, 3.63) is 65.5 Å². The minimum absolute atomic E-state index is 0.437. The Morgan fingerprint density at radius 3 is 2.95 bits per heavy atom. The summed E-state index contributed by atoms with van der Waals surface area (Å²) in [5.74, 6) is 1.37. The van der Waals surface area contributed by atoms with Gasteiger partial charge >= 0.3 is 0 Å². The molecule has 0 spiro atoms. The van der Waals surface area contributed by atoms with Crippen molar-refractivity contribution in [3.63, 3.8) is 0 Å². The topological polar surface area (TPSA) is 17.8 Å². The first-order valence-electron chi connectivity index (χ1n) is 6.81. The van der Waals surface area contributed by atoms with Gasteiger partial charge in [-0.25, -0.2) is 4.98 Å². The Bertz CT molecular complexity index is 720. The lowest BCUT2D eigenvalue weighted by molar-refractivity contribution is 0.753. The average Bonchev–Trinajstić information content (AvgIpc) is 2.69. The van der Waals surface area contributed by atoms with Crippen molar-refractivity contribution in [2.45, 2.75) is 25.8 Å². The van der Waals surface area contributed by atoms with Crippen molar-refractivity contribution in [2.24, 2.45) is 0 Å². The maximum absolute atomic E-state index is 6.05. The molecule has 3 heteroatoms. The van der Waals surface area contributed by atoms with Gasteiger partial charge in [0.1, 0.15) is 5.82 Å². The van der Waals surface area contributed by atoms with Gasteiger partial charge in [-0.15, -0.1) is 11.6 Å². The molecular weight excluding hydrogens is 268 g/mol. The van der Waals surface area contributed by atoms with E-state index in [1.54, 1.807) is 0 Å². The number of aromatic nitrogens is 2. The van der Waals surface area contributed by atoms with Crippen LogP contribution in [0, 0.1) is 0 Å². The Kier molecular flexibility index (Phi) is 3.75. The molecular formula is C17H17ClN2. The van der Waals surface area contributed by atoms with Crippen LogP contribution in [0.25, 0.3) is 11.0 Å². The fourth-order valence-electron chi connectivity index (χ4n) is 2.49. The smallest absolute Gasteiger partial charge is 0.125 e. The number of imidazole rings is 1. The maximum Gasteiger partial charge on any atom is 0.125 e. The van der Waals surface area contributed by atoms with Crippen LogP contribution >= 0.6 is 11.6 Å². The predicted molar refractivity (Wildman–Crippen MR) is 84.9 cm³/mol. The van der Waals surface area contributed by atoms with E-state index >= 15 is 0 Å². The molecule has 3 rings (SSSR count). The fourth-order valence-corrected chi connectivity index (χ4v) is 2.70. The van der Waals surface area contributed by atoms with Gasteiger partial charge < -0.3 is 4.57 Å². The van der Waals surface area contributed by atoms with Crippen LogP contribution < -0.4 is 0 Å². The number of para-hydroxylation sites is 2. The fraction of sp³-hybridized carbons (Fsp3) is 0.235.